The van der Waals surface area contributed by atoms with E-state index < -0.39 is 0 Å². The van der Waals surface area contributed by atoms with Crippen molar-refractivity contribution in [3.63, 3.8) is 0 Å². The first-order valence-electron chi connectivity index (χ1n) is 9.51. The van der Waals surface area contributed by atoms with E-state index in [4.69, 9.17) is 9.47 Å². The van der Waals surface area contributed by atoms with Crippen LogP contribution in [0.4, 0.5) is 0 Å². The van der Waals surface area contributed by atoms with Crippen molar-refractivity contribution in [1.82, 2.24) is 0 Å². The lowest BCUT2D eigenvalue weighted by Crippen LogP contribution is -2.45. The maximum atomic E-state index is 11.5. The lowest BCUT2D eigenvalue weighted by molar-refractivity contribution is -0.154. The van der Waals surface area contributed by atoms with Gasteiger partial charge in [-0.2, -0.15) is 0 Å². The molecular formula is C21H28O4. The summed E-state index contributed by atoms with van der Waals surface area (Å²) in [4.78, 5) is 11.5. The van der Waals surface area contributed by atoms with Crippen LogP contribution >= 0.6 is 0 Å². The Morgan fingerprint density at radius 2 is 2.04 bits per heavy atom. The van der Waals surface area contributed by atoms with Gasteiger partial charge >= 0.3 is 5.97 Å². The van der Waals surface area contributed by atoms with Crippen LogP contribution in [0, 0.1) is 17.3 Å². The summed E-state index contributed by atoms with van der Waals surface area (Å²) in [5.74, 6) is 2.47. The summed E-state index contributed by atoms with van der Waals surface area (Å²) >= 11 is 0. The van der Waals surface area contributed by atoms with Crippen LogP contribution in [-0.4, -0.2) is 24.3 Å². The first-order chi connectivity index (χ1) is 11.9. The molecule has 0 saturated heterocycles. The number of rotatable bonds is 2. The SMILES string of the molecule is COc1cc2c(cc1O)CC[C@@H]1[C@@H]2CC[C@]2(C)[C@@H](OC(C)=O)CC[C@@H]12. The van der Waals surface area contributed by atoms with Crippen molar-refractivity contribution in [2.45, 2.75) is 64.4 Å². The highest BCUT2D eigenvalue weighted by Gasteiger charge is 2.56. The van der Waals surface area contributed by atoms with Crippen LogP contribution in [0.2, 0.25) is 0 Å². The van der Waals surface area contributed by atoms with Crippen LogP contribution in [0.1, 0.15) is 63.0 Å². The number of benzene rings is 1. The number of hydrogen-bond donors (Lipinski definition) is 1. The largest absolute Gasteiger partial charge is 0.504 e. The second-order valence-electron chi connectivity index (χ2n) is 8.36. The van der Waals surface area contributed by atoms with E-state index >= 15 is 0 Å². The zero-order chi connectivity index (χ0) is 17.8. The summed E-state index contributed by atoms with van der Waals surface area (Å²) in [5, 5.41) is 10.1. The monoisotopic (exact) mass is 344 g/mol. The van der Waals surface area contributed by atoms with E-state index in [1.54, 1.807) is 7.11 Å². The van der Waals surface area contributed by atoms with Crippen molar-refractivity contribution >= 4 is 5.97 Å². The Labute approximate surface area is 149 Å². The predicted molar refractivity (Wildman–Crippen MR) is 94.8 cm³/mol. The van der Waals surface area contributed by atoms with E-state index in [1.807, 2.05) is 6.07 Å². The van der Waals surface area contributed by atoms with Crippen LogP contribution in [0.25, 0.3) is 0 Å². The molecule has 4 heteroatoms. The molecule has 0 amide bonds. The number of esters is 1. The average molecular weight is 344 g/mol. The maximum absolute atomic E-state index is 11.5. The van der Waals surface area contributed by atoms with Crippen LogP contribution in [0.5, 0.6) is 11.5 Å². The maximum Gasteiger partial charge on any atom is 0.302 e. The van der Waals surface area contributed by atoms with E-state index in [9.17, 15) is 9.90 Å². The van der Waals surface area contributed by atoms with Gasteiger partial charge in [0.1, 0.15) is 6.10 Å². The first-order valence-corrected chi connectivity index (χ1v) is 9.51. The Morgan fingerprint density at radius 3 is 2.76 bits per heavy atom. The van der Waals surface area contributed by atoms with Crippen molar-refractivity contribution in [3.05, 3.63) is 23.3 Å². The summed E-state index contributed by atoms with van der Waals surface area (Å²) in [5.41, 5.74) is 2.76. The number of phenolic OH excluding ortho intramolecular Hbond substituents is 1. The molecule has 5 atom stereocenters. The van der Waals surface area contributed by atoms with Crippen molar-refractivity contribution in [2.24, 2.45) is 17.3 Å². The van der Waals surface area contributed by atoms with Gasteiger partial charge in [0.15, 0.2) is 11.5 Å². The highest BCUT2D eigenvalue weighted by molar-refractivity contribution is 5.66. The van der Waals surface area contributed by atoms with Gasteiger partial charge < -0.3 is 14.6 Å². The van der Waals surface area contributed by atoms with E-state index in [-0.39, 0.29) is 23.2 Å². The number of aromatic hydroxyl groups is 1. The Balaban J connectivity index is 1.65. The number of ether oxygens (including phenoxy) is 2. The molecule has 136 valence electrons. The lowest BCUT2D eigenvalue weighted by Gasteiger charge is -2.50. The summed E-state index contributed by atoms with van der Waals surface area (Å²) < 4.78 is 11.0. The smallest absolute Gasteiger partial charge is 0.302 e. The third-order valence-electron chi connectivity index (χ3n) is 7.25. The molecule has 25 heavy (non-hydrogen) atoms. The summed E-state index contributed by atoms with van der Waals surface area (Å²) in [6.45, 7) is 3.86. The molecular weight excluding hydrogens is 316 g/mol. The highest BCUT2D eigenvalue weighted by atomic mass is 16.5. The van der Waals surface area contributed by atoms with Crippen molar-refractivity contribution in [3.8, 4) is 11.5 Å². The second kappa shape index (κ2) is 5.93. The van der Waals surface area contributed by atoms with Crippen molar-refractivity contribution in [2.75, 3.05) is 7.11 Å². The fourth-order valence-corrected chi connectivity index (χ4v) is 6.10. The summed E-state index contributed by atoms with van der Waals surface area (Å²) in [6, 6.07) is 3.96. The van der Waals surface area contributed by atoms with Gasteiger partial charge in [-0.15, -0.1) is 0 Å². The highest BCUT2D eigenvalue weighted by Crippen LogP contribution is 2.62. The molecule has 2 fully saturated rings. The first kappa shape index (κ1) is 16.7. The van der Waals surface area contributed by atoms with Crippen molar-refractivity contribution < 1.29 is 19.4 Å². The van der Waals surface area contributed by atoms with Gasteiger partial charge in [-0.25, -0.2) is 0 Å². The van der Waals surface area contributed by atoms with E-state index in [2.05, 4.69) is 13.0 Å². The molecule has 0 aromatic heterocycles. The van der Waals surface area contributed by atoms with Crippen LogP contribution in [0.3, 0.4) is 0 Å². The molecule has 3 aliphatic rings. The van der Waals surface area contributed by atoms with Gasteiger partial charge in [0.25, 0.3) is 0 Å². The minimum absolute atomic E-state index is 0.0756. The molecule has 0 radical (unpaired) electrons. The second-order valence-corrected chi connectivity index (χ2v) is 8.36. The fraction of sp³-hybridized carbons (Fsp3) is 0.667. The standard InChI is InChI=1S/C21H28O4/c1-12(22)25-20-7-6-17-15-5-4-13-10-18(23)19(24-3)11-16(13)14(15)8-9-21(17,20)2/h10-11,14-15,17,20,23H,4-9H2,1-3H3/t14-,15+,17-,20-,21-/m0/s1. The number of phenols is 1. The molecule has 2 saturated carbocycles. The number of fused-ring (bicyclic) bond motifs is 5. The van der Waals surface area contributed by atoms with E-state index in [0.29, 0.717) is 23.5 Å². The molecule has 1 aromatic rings. The van der Waals surface area contributed by atoms with Gasteiger partial charge in [0, 0.05) is 12.3 Å². The molecule has 4 nitrogen and oxygen atoms in total. The molecule has 0 unspecified atom stereocenters. The van der Waals surface area contributed by atoms with Gasteiger partial charge in [-0.1, -0.05) is 6.92 Å². The molecule has 0 heterocycles. The molecule has 0 bridgehead atoms. The van der Waals surface area contributed by atoms with Gasteiger partial charge in [-0.05, 0) is 79.5 Å². The van der Waals surface area contributed by atoms with Gasteiger partial charge in [0.2, 0.25) is 0 Å². The molecule has 0 aliphatic heterocycles. The average Bonchev–Trinajstić information content (AvgIpc) is 2.90. The Morgan fingerprint density at radius 1 is 1.24 bits per heavy atom. The molecule has 1 N–H and O–H groups in total. The van der Waals surface area contributed by atoms with E-state index in [1.165, 1.54) is 18.1 Å². The molecule has 1 aromatic carbocycles. The zero-order valence-electron chi connectivity index (χ0n) is 15.4. The predicted octanol–water partition coefficient (Wildman–Crippen LogP) is 4.19. The van der Waals surface area contributed by atoms with Crippen LogP contribution in [-0.2, 0) is 16.0 Å². The summed E-state index contributed by atoms with van der Waals surface area (Å²) in [6.07, 6.45) is 6.62. The van der Waals surface area contributed by atoms with E-state index in [0.717, 1.165) is 38.5 Å². The minimum Gasteiger partial charge on any atom is -0.504 e. The van der Waals surface area contributed by atoms with Crippen LogP contribution in [0.15, 0.2) is 12.1 Å². The number of carbonyl (C=O) groups is 1. The topological polar surface area (TPSA) is 55.8 Å². The van der Waals surface area contributed by atoms with Crippen molar-refractivity contribution in [1.29, 1.82) is 0 Å². The Bertz CT molecular complexity index is 697. The zero-order valence-corrected chi connectivity index (χ0v) is 15.4. The quantitative estimate of drug-likeness (QED) is 0.818. The number of carbonyl (C=O) groups excluding carboxylic acids is 1. The molecule has 4 rings (SSSR count). The third kappa shape index (κ3) is 2.52. The Hall–Kier alpha value is -1.71. The molecule has 3 aliphatic carbocycles. The Kier molecular flexibility index (Phi) is 3.97. The van der Waals surface area contributed by atoms with Gasteiger partial charge in [-0.3, -0.25) is 4.79 Å². The lowest BCUT2D eigenvalue weighted by atomic mass is 9.55. The summed E-state index contributed by atoms with van der Waals surface area (Å²) in [7, 11) is 1.61. The number of aryl methyl sites for hydroxylation is 1. The minimum atomic E-state index is -0.150. The number of methoxy groups -OCH3 is 1. The van der Waals surface area contributed by atoms with Gasteiger partial charge in [0.05, 0.1) is 7.11 Å². The fourth-order valence-electron chi connectivity index (χ4n) is 6.10. The normalized spacial score (nSPS) is 36.1. The third-order valence-corrected chi connectivity index (χ3v) is 7.25. The molecule has 0 spiro atoms. The van der Waals surface area contributed by atoms with Crippen LogP contribution < -0.4 is 4.74 Å². The number of hydrogen-bond acceptors (Lipinski definition) is 4.